The summed E-state index contributed by atoms with van der Waals surface area (Å²) < 4.78 is 0. The van der Waals surface area contributed by atoms with E-state index in [1.54, 1.807) is 12.1 Å². The summed E-state index contributed by atoms with van der Waals surface area (Å²) in [6.07, 6.45) is 2.29. The number of aromatic nitrogens is 1. The minimum atomic E-state index is 0.0000145. The number of nitrogens with zero attached hydrogens (tertiary/aromatic N) is 3. The molecule has 0 saturated carbocycles. The second-order valence-corrected chi connectivity index (χ2v) is 9.15. The zero-order valence-electron chi connectivity index (χ0n) is 17.4. The van der Waals surface area contributed by atoms with E-state index in [9.17, 15) is 4.79 Å². The van der Waals surface area contributed by atoms with E-state index < -0.39 is 0 Å². The third kappa shape index (κ3) is 2.88. The number of H-pyrrole nitrogens is 1. The molecule has 2 aromatic carbocycles. The lowest BCUT2D eigenvalue weighted by molar-refractivity contribution is 0.0980. The lowest BCUT2D eigenvalue weighted by Gasteiger charge is -2.28. The Morgan fingerprint density at radius 2 is 2.06 bits per heavy atom. The van der Waals surface area contributed by atoms with Crippen LogP contribution in [0.3, 0.4) is 0 Å². The zero-order valence-corrected chi connectivity index (χ0v) is 17.4. The average molecular weight is 412 g/mol. The molecule has 0 aliphatic carbocycles. The van der Waals surface area contributed by atoms with Gasteiger partial charge in [0, 0.05) is 47.7 Å². The van der Waals surface area contributed by atoms with Crippen molar-refractivity contribution in [1.82, 2.24) is 15.2 Å². The summed E-state index contributed by atoms with van der Waals surface area (Å²) in [5.74, 6) is 0.0000145. The molecule has 3 aliphatic rings. The van der Waals surface area contributed by atoms with E-state index in [0.717, 1.165) is 55.7 Å². The number of rotatable bonds is 2. The van der Waals surface area contributed by atoms with Gasteiger partial charge in [-0.2, -0.15) is 5.26 Å². The van der Waals surface area contributed by atoms with Gasteiger partial charge in [-0.3, -0.25) is 9.69 Å². The molecule has 3 aromatic rings. The van der Waals surface area contributed by atoms with E-state index >= 15 is 0 Å². The maximum atomic E-state index is 13.6. The highest BCUT2D eigenvalue weighted by atomic mass is 16.2. The Morgan fingerprint density at radius 3 is 2.90 bits per heavy atom. The summed E-state index contributed by atoms with van der Waals surface area (Å²) in [5, 5.41) is 13.6. The van der Waals surface area contributed by atoms with Gasteiger partial charge in [0.05, 0.1) is 11.6 Å². The smallest absolute Gasteiger partial charge is 0.274 e. The number of hydrogen-bond donors (Lipinski definition) is 2. The van der Waals surface area contributed by atoms with Gasteiger partial charge in [0.25, 0.3) is 5.91 Å². The average Bonchev–Trinajstić information content (AvgIpc) is 3.59. The topological polar surface area (TPSA) is 75.2 Å². The third-order valence-electron chi connectivity index (χ3n) is 7.39. The van der Waals surface area contributed by atoms with Crippen LogP contribution in [0.2, 0.25) is 0 Å². The molecule has 31 heavy (non-hydrogen) atoms. The van der Waals surface area contributed by atoms with Gasteiger partial charge < -0.3 is 15.2 Å². The SMILES string of the molecule is N#Cc1ccc2cc(C(=O)N3C[C@@]4(CCN(C5CCNC5)C4)c4ccccc43)[nH]c2c1. The monoisotopic (exact) mass is 411 g/mol. The predicted octanol–water partition coefficient (Wildman–Crippen LogP) is 3.01. The number of fused-ring (bicyclic) bond motifs is 3. The number of carbonyl (C=O) groups excluding carboxylic acids is 1. The van der Waals surface area contributed by atoms with Gasteiger partial charge in [-0.25, -0.2) is 0 Å². The summed E-state index contributed by atoms with van der Waals surface area (Å²) in [6.45, 7) is 4.99. The quantitative estimate of drug-likeness (QED) is 0.680. The van der Waals surface area contributed by atoms with Crippen LogP contribution < -0.4 is 10.2 Å². The summed E-state index contributed by atoms with van der Waals surface area (Å²) >= 11 is 0. The molecule has 2 N–H and O–H groups in total. The molecule has 1 aromatic heterocycles. The Labute approximate surface area is 181 Å². The molecule has 156 valence electrons. The van der Waals surface area contributed by atoms with Crippen molar-refractivity contribution in [3.05, 3.63) is 65.4 Å². The first kappa shape index (κ1) is 18.6. The van der Waals surface area contributed by atoms with Crippen LogP contribution in [0.4, 0.5) is 5.69 Å². The molecule has 3 aliphatic heterocycles. The highest BCUT2D eigenvalue weighted by Crippen LogP contribution is 2.47. The molecule has 6 nitrogen and oxygen atoms in total. The van der Waals surface area contributed by atoms with E-state index in [2.05, 4.69) is 39.5 Å². The standard InChI is InChI=1S/C25H25N5O/c26-13-17-5-6-18-12-22(28-21(18)11-17)24(31)30-16-25(20-3-1-2-4-23(20)30)8-10-29(15-25)19-7-9-27-14-19/h1-6,11-12,19,27-28H,7-10,14-16H2/t19?,25-/m0/s1. The number of aromatic amines is 1. The Balaban J connectivity index is 1.33. The molecule has 2 atom stereocenters. The van der Waals surface area contributed by atoms with Crippen molar-refractivity contribution in [3.8, 4) is 6.07 Å². The maximum absolute atomic E-state index is 13.6. The Bertz CT molecular complexity index is 1220. The molecule has 2 fully saturated rings. The fraction of sp³-hybridized carbons (Fsp3) is 0.360. The number of nitrogens with one attached hydrogen (secondary N) is 2. The Kier molecular flexibility index (Phi) is 4.17. The van der Waals surface area contributed by atoms with Gasteiger partial charge in [0.15, 0.2) is 0 Å². The maximum Gasteiger partial charge on any atom is 0.274 e. The first-order chi connectivity index (χ1) is 15.2. The number of carbonyl (C=O) groups is 1. The van der Waals surface area contributed by atoms with Crippen LogP contribution in [0.1, 0.15) is 34.5 Å². The van der Waals surface area contributed by atoms with E-state index in [1.807, 2.05) is 23.1 Å². The number of anilines is 1. The molecule has 2 saturated heterocycles. The number of amides is 1. The molecule has 1 unspecified atom stereocenters. The number of para-hydroxylation sites is 1. The minimum absolute atomic E-state index is 0.0000145. The Morgan fingerprint density at radius 1 is 1.16 bits per heavy atom. The number of likely N-dealkylation sites (tertiary alicyclic amines) is 1. The van der Waals surface area contributed by atoms with Gasteiger partial charge in [-0.15, -0.1) is 0 Å². The van der Waals surface area contributed by atoms with Crippen molar-refractivity contribution < 1.29 is 4.79 Å². The second kappa shape index (κ2) is 6.94. The summed E-state index contributed by atoms with van der Waals surface area (Å²) in [7, 11) is 0. The molecular weight excluding hydrogens is 386 g/mol. The largest absolute Gasteiger partial charge is 0.350 e. The van der Waals surface area contributed by atoms with Gasteiger partial charge in [0.1, 0.15) is 5.69 Å². The lowest BCUT2D eigenvalue weighted by atomic mass is 9.81. The molecule has 4 heterocycles. The van der Waals surface area contributed by atoms with Crippen molar-refractivity contribution in [2.24, 2.45) is 0 Å². The van der Waals surface area contributed by atoms with Crippen LogP contribution in [0, 0.1) is 11.3 Å². The molecule has 1 amide bonds. The van der Waals surface area contributed by atoms with Crippen molar-refractivity contribution in [3.63, 3.8) is 0 Å². The fourth-order valence-corrected chi connectivity index (χ4v) is 5.79. The summed E-state index contributed by atoms with van der Waals surface area (Å²) in [4.78, 5) is 21.4. The van der Waals surface area contributed by atoms with Crippen molar-refractivity contribution in [1.29, 1.82) is 5.26 Å². The number of nitriles is 1. The molecular formula is C25H25N5O. The zero-order chi connectivity index (χ0) is 21.0. The van der Waals surface area contributed by atoms with Crippen LogP contribution in [0.15, 0.2) is 48.5 Å². The summed E-state index contributed by atoms with van der Waals surface area (Å²) in [6, 6.07) is 18.6. The molecule has 1 spiro atoms. The van der Waals surface area contributed by atoms with Crippen molar-refractivity contribution in [2.45, 2.75) is 24.3 Å². The lowest BCUT2D eigenvalue weighted by Crippen LogP contribution is -2.41. The molecule has 0 bridgehead atoms. The van der Waals surface area contributed by atoms with Crippen molar-refractivity contribution >= 4 is 22.5 Å². The van der Waals surface area contributed by atoms with Crippen molar-refractivity contribution in [2.75, 3.05) is 37.6 Å². The van der Waals surface area contributed by atoms with Crippen LogP contribution in [0.25, 0.3) is 10.9 Å². The molecule has 6 rings (SSSR count). The van der Waals surface area contributed by atoms with Crippen LogP contribution in [-0.2, 0) is 5.41 Å². The molecule has 0 radical (unpaired) electrons. The van der Waals surface area contributed by atoms with Gasteiger partial charge in [-0.1, -0.05) is 24.3 Å². The van der Waals surface area contributed by atoms with Crippen LogP contribution >= 0.6 is 0 Å². The number of hydrogen-bond acceptors (Lipinski definition) is 4. The van der Waals surface area contributed by atoms with E-state index in [0.29, 0.717) is 17.3 Å². The normalized spacial score (nSPS) is 25.4. The summed E-state index contributed by atoms with van der Waals surface area (Å²) in [5.41, 5.74) is 4.34. The highest BCUT2D eigenvalue weighted by Gasteiger charge is 2.50. The molecule has 6 heteroatoms. The van der Waals surface area contributed by atoms with E-state index in [1.165, 1.54) is 12.0 Å². The predicted molar refractivity (Wildman–Crippen MR) is 120 cm³/mol. The first-order valence-corrected chi connectivity index (χ1v) is 11.1. The van der Waals surface area contributed by atoms with Gasteiger partial charge in [0.2, 0.25) is 0 Å². The van der Waals surface area contributed by atoms with Crippen LogP contribution in [0.5, 0.6) is 0 Å². The van der Waals surface area contributed by atoms with Gasteiger partial charge >= 0.3 is 0 Å². The van der Waals surface area contributed by atoms with E-state index in [4.69, 9.17) is 5.26 Å². The van der Waals surface area contributed by atoms with E-state index in [-0.39, 0.29) is 11.3 Å². The fourth-order valence-electron chi connectivity index (χ4n) is 5.79. The van der Waals surface area contributed by atoms with Gasteiger partial charge in [-0.05, 0) is 55.8 Å². The van der Waals surface area contributed by atoms with Crippen LogP contribution in [-0.4, -0.2) is 54.6 Å². The number of benzene rings is 2. The first-order valence-electron chi connectivity index (χ1n) is 11.1. The highest BCUT2D eigenvalue weighted by molar-refractivity contribution is 6.09. The third-order valence-corrected chi connectivity index (χ3v) is 7.39. The Hall–Kier alpha value is -3.14. The minimum Gasteiger partial charge on any atom is -0.350 e. The second-order valence-electron chi connectivity index (χ2n) is 9.15.